The molecule has 25 heavy (non-hydrogen) atoms. The van der Waals surface area contributed by atoms with Gasteiger partial charge < -0.3 is 4.90 Å². The van der Waals surface area contributed by atoms with Gasteiger partial charge in [-0.25, -0.2) is 4.98 Å². The van der Waals surface area contributed by atoms with Gasteiger partial charge in [0, 0.05) is 22.5 Å². The molecule has 3 nitrogen and oxygen atoms in total. The highest BCUT2D eigenvalue weighted by Crippen LogP contribution is 2.44. The predicted molar refractivity (Wildman–Crippen MR) is 108 cm³/mol. The number of piperidine rings is 1. The van der Waals surface area contributed by atoms with Crippen molar-refractivity contribution in [1.82, 2.24) is 9.97 Å². The highest BCUT2D eigenvalue weighted by Gasteiger charge is 2.30. The summed E-state index contributed by atoms with van der Waals surface area (Å²) in [5, 5.41) is 1.49. The molecule has 0 aliphatic carbocycles. The van der Waals surface area contributed by atoms with Crippen LogP contribution in [-0.4, -0.2) is 22.1 Å². The Morgan fingerprint density at radius 3 is 2.44 bits per heavy atom. The Morgan fingerprint density at radius 2 is 1.76 bits per heavy atom. The molecule has 5 heteroatoms. The van der Waals surface area contributed by atoms with Crippen molar-refractivity contribution in [2.75, 3.05) is 4.90 Å². The molecule has 0 bridgehead atoms. The number of halogens is 1. The van der Waals surface area contributed by atoms with Gasteiger partial charge in [-0.1, -0.05) is 30.3 Å². The topological polar surface area (TPSA) is 29.0 Å². The summed E-state index contributed by atoms with van der Waals surface area (Å²) in [6.07, 6.45) is 3.66. The van der Waals surface area contributed by atoms with E-state index in [-0.39, 0.29) is 0 Å². The lowest BCUT2D eigenvalue weighted by Crippen LogP contribution is -2.44. The van der Waals surface area contributed by atoms with Crippen molar-refractivity contribution in [2.45, 2.75) is 52.1 Å². The molecule has 1 aliphatic rings. The van der Waals surface area contributed by atoms with Gasteiger partial charge in [-0.3, -0.25) is 0 Å². The van der Waals surface area contributed by atoms with Crippen LogP contribution in [0.4, 0.5) is 5.82 Å². The van der Waals surface area contributed by atoms with E-state index < -0.39 is 0 Å². The van der Waals surface area contributed by atoms with Crippen molar-refractivity contribution in [3.63, 3.8) is 0 Å². The Hall–Kier alpha value is -1.65. The molecule has 2 atom stereocenters. The molecule has 0 N–H and O–H groups in total. The second-order valence-electron chi connectivity index (χ2n) is 6.93. The molecule has 1 fully saturated rings. The number of rotatable bonds is 2. The van der Waals surface area contributed by atoms with Crippen LogP contribution >= 0.6 is 22.9 Å². The van der Waals surface area contributed by atoms with E-state index in [0.29, 0.717) is 17.4 Å². The number of thiophene rings is 1. The van der Waals surface area contributed by atoms with Gasteiger partial charge >= 0.3 is 0 Å². The van der Waals surface area contributed by atoms with Crippen LogP contribution in [0.15, 0.2) is 30.3 Å². The van der Waals surface area contributed by atoms with Gasteiger partial charge in [0.05, 0.1) is 5.39 Å². The van der Waals surface area contributed by atoms with E-state index in [0.717, 1.165) is 16.0 Å². The number of hydrogen-bond donors (Lipinski definition) is 0. The van der Waals surface area contributed by atoms with Crippen molar-refractivity contribution in [1.29, 1.82) is 0 Å². The Bertz CT molecular complexity index is 896. The maximum atomic E-state index is 6.30. The highest BCUT2D eigenvalue weighted by molar-refractivity contribution is 7.19. The number of aryl methyl sites for hydroxylation is 1. The van der Waals surface area contributed by atoms with E-state index in [2.05, 4.69) is 61.0 Å². The maximum Gasteiger partial charge on any atom is 0.225 e. The smallest absolute Gasteiger partial charge is 0.225 e. The molecule has 0 saturated carbocycles. The van der Waals surface area contributed by atoms with E-state index in [1.54, 1.807) is 11.3 Å². The van der Waals surface area contributed by atoms with Crippen LogP contribution < -0.4 is 4.90 Å². The van der Waals surface area contributed by atoms with Crippen LogP contribution in [0.3, 0.4) is 0 Å². The monoisotopic (exact) mass is 371 g/mol. The third-order valence-corrected chi connectivity index (χ3v) is 6.35. The van der Waals surface area contributed by atoms with Gasteiger partial charge in [-0.15, -0.1) is 11.3 Å². The molecule has 130 valence electrons. The van der Waals surface area contributed by atoms with Gasteiger partial charge in [0.25, 0.3) is 0 Å². The Labute approximate surface area is 157 Å². The molecule has 0 amide bonds. The first kappa shape index (κ1) is 16.8. The molecule has 1 aliphatic heterocycles. The number of benzene rings is 1. The van der Waals surface area contributed by atoms with Crippen molar-refractivity contribution in [3.05, 3.63) is 40.5 Å². The molecule has 4 rings (SSSR count). The van der Waals surface area contributed by atoms with Gasteiger partial charge in [0.2, 0.25) is 5.28 Å². The normalized spacial score (nSPS) is 21.0. The highest BCUT2D eigenvalue weighted by atomic mass is 35.5. The number of aromatic nitrogens is 2. The second kappa shape index (κ2) is 6.58. The molecular formula is C20H22ClN3S. The minimum atomic E-state index is 0.341. The molecule has 2 aromatic heterocycles. The van der Waals surface area contributed by atoms with Crippen LogP contribution in [0, 0.1) is 6.92 Å². The number of nitrogens with zero attached hydrogens (tertiary/aromatic N) is 3. The summed E-state index contributed by atoms with van der Waals surface area (Å²) in [6, 6.07) is 11.5. The fraction of sp³-hybridized carbons (Fsp3) is 0.400. The van der Waals surface area contributed by atoms with Crippen molar-refractivity contribution in [3.8, 4) is 11.1 Å². The van der Waals surface area contributed by atoms with Gasteiger partial charge in [-0.2, -0.15) is 4.98 Å². The van der Waals surface area contributed by atoms with Gasteiger partial charge in [0.15, 0.2) is 0 Å². The third kappa shape index (κ3) is 2.91. The molecule has 0 radical (unpaired) electrons. The van der Waals surface area contributed by atoms with Gasteiger partial charge in [0.1, 0.15) is 10.6 Å². The van der Waals surface area contributed by atoms with E-state index in [1.165, 1.54) is 35.3 Å². The fourth-order valence-electron chi connectivity index (χ4n) is 4.05. The molecule has 0 spiro atoms. The Kier molecular flexibility index (Phi) is 4.42. The zero-order chi connectivity index (χ0) is 17.6. The van der Waals surface area contributed by atoms with Crippen molar-refractivity contribution >= 4 is 39.0 Å². The summed E-state index contributed by atoms with van der Waals surface area (Å²) in [7, 11) is 0. The van der Waals surface area contributed by atoms with E-state index in [1.807, 2.05) is 0 Å². The minimum Gasteiger partial charge on any atom is -0.351 e. The third-order valence-electron chi connectivity index (χ3n) is 5.18. The summed E-state index contributed by atoms with van der Waals surface area (Å²) < 4.78 is 0. The van der Waals surface area contributed by atoms with Gasteiger partial charge in [-0.05, 0) is 57.2 Å². The molecule has 2 unspecified atom stereocenters. The van der Waals surface area contributed by atoms with Crippen LogP contribution in [0.2, 0.25) is 5.28 Å². The molecular weight excluding hydrogens is 350 g/mol. The summed E-state index contributed by atoms with van der Waals surface area (Å²) in [5.41, 5.74) is 2.47. The first-order chi connectivity index (χ1) is 12.1. The summed E-state index contributed by atoms with van der Waals surface area (Å²) >= 11 is 8.01. The minimum absolute atomic E-state index is 0.341. The average Bonchev–Trinajstić information content (AvgIpc) is 2.91. The van der Waals surface area contributed by atoms with E-state index >= 15 is 0 Å². The van der Waals surface area contributed by atoms with Crippen LogP contribution in [0.1, 0.15) is 38.0 Å². The summed E-state index contributed by atoms with van der Waals surface area (Å²) in [6.45, 7) is 6.74. The quantitative estimate of drug-likeness (QED) is 0.510. The zero-order valence-corrected chi connectivity index (χ0v) is 16.4. The Morgan fingerprint density at radius 1 is 1.08 bits per heavy atom. The summed E-state index contributed by atoms with van der Waals surface area (Å²) in [4.78, 5) is 13.9. The first-order valence-corrected chi connectivity index (χ1v) is 10.1. The predicted octanol–water partition coefficient (Wildman–Crippen LogP) is 6.09. The SMILES string of the molecule is Cc1sc2nc(Cl)nc(N3C(C)CCCC3C)c2c1-c1ccccc1. The number of hydrogen-bond acceptors (Lipinski definition) is 4. The molecule has 3 heterocycles. The first-order valence-electron chi connectivity index (χ1n) is 8.86. The molecule has 1 aromatic carbocycles. The fourth-order valence-corrected chi connectivity index (χ4v) is 5.30. The van der Waals surface area contributed by atoms with Crippen LogP contribution in [0.5, 0.6) is 0 Å². The Balaban J connectivity index is 2.01. The van der Waals surface area contributed by atoms with Crippen LogP contribution in [-0.2, 0) is 0 Å². The van der Waals surface area contributed by atoms with Crippen LogP contribution in [0.25, 0.3) is 21.3 Å². The van der Waals surface area contributed by atoms with Crippen molar-refractivity contribution < 1.29 is 0 Å². The second-order valence-corrected chi connectivity index (χ2v) is 8.47. The lowest BCUT2D eigenvalue weighted by molar-refractivity contribution is 0.412. The summed E-state index contributed by atoms with van der Waals surface area (Å²) in [5.74, 6) is 0.998. The standard InChI is InChI=1S/C20H22ClN3S/c1-12-8-7-9-13(2)24(12)18-17-16(15-10-5-4-6-11-15)14(3)25-19(17)23-20(21)22-18/h4-6,10-13H,7-9H2,1-3H3. The molecule has 3 aromatic rings. The lowest BCUT2D eigenvalue weighted by Gasteiger charge is -2.40. The molecule has 1 saturated heterocycles. The van der Waals surface area contributed by atoms with E-state index in [9.17, 15) is 0 Å². The maximum absolute atomic E-state index is 6.30. The largest absolute Gasteiger partial charge is 0.351 e. The van der Waals surface area contributed by atoms with Crippen molar-refractivity contribution in [2.24, 2.45) is 0 Å². The zero-order valence-electron chi connectivity index (χ0n) is 14.8. The average molecular weight is 372 g/mol. The number of anilines is 1. The van der Waals surface area contributed by atoms with E-state index in [4.69, 9.17) is 16.6 Å². The lowest BCUT2D eigenvalue weighted by atomic mass is 9.96. The number of fused-ring (bicyclic) bond motifs is 1.